The number of aliphatic hydroxyl groups excluding tert-OH is 1. The van der Waals surface area contributed by atoms with Crippen molar-refractivity contribution in [3.05, 3.63) is 22.7 Å². The summed E-state index contributed by atoms with van der Waals surface area (Å²) in [4.78, 5) is 13.6. The molecule has 0 heterocycles. The van der Waals surface area contributed by atoms with Gasteiger partial charge in [0.25, 0.3) is 5.91 Å². The molecule has 1 aromatic rings. The third kappa shape index (κ3) is 3.35. The van der Waals surface area contributed by atoms with E-state index in [0.29, 0.717) is 28.1 Å². The van der Waals surface area contributed by atoms with Crippen molar-refractivity contribution in [1.29, 1.82) is 0 Å². The van der Waals surface area contributed by atoms with E-state index < -0.39 is 0 Å². The molecule has 20 heavy (non-hydrogen) atoms. The van der Waals surface area contributed by atoms with Crippen molar-refractivity contribution in [2.75, 3.05) is 20.8 Å². The molecule has 0 unspecified atom stereocenters. The lowest BCUT2D eigenvalue weighted by molar-refractivity contribution is -0.132. The van der Waals surface area contributed by atoms with Gasteiger partial charge in [-0.05, 0) is 18.9 Å². The number of methoxy groups -OCH3 is 1. The van der Waals surface area contributed by atoms with Gasteiger partial charge in [0.2, 0.25) is 0 Å². The fourth-order valence-corrected chi connectivity index (χ4v) is 2.19. The second kappa shape index (κ2) is 6.33. The first-order valence-corrected chi connectivity index (χ1v) is 6.80. The molecule has 1 N–H and O–H groups in total. The van der Waals surface area contributed by atoms with Crippen LogP contribution in [0.15, 0.2) is 12.1 Å². The van der Waals surface area contributed by atoms with Crippen molar-refractivity contribution < 1.29 is 19.4 Å². The smallest absolute Gasteiger partial charge is 0.260 e. The molecule has 110 valence electrons. The first kappa shape index (κ1) is 14.9. The van der Waals surface area contributed by atoms with E-state index in [4.69, 9.17) is 21.1 Å². The molecule has 0 saturated heterocycles. The molecule has 1 saturated carbocycles. The number of halogens is 1. The normalized spacial score (nSPS) is 14.0. The summed E-state index contributed by atoms with van der Waals surface area (Å²) in [6.07, 6.45) is 2.10. The Morgan fingerprint density at radius 1 is 1.50 bits per heavy atom. The first-order valence-electron chi connectivity index (χ1n) is 6.42. The topological polar surface area (TPSA) is 59.0 Å². The van der Waals surface area contributed by atoms with Crippen molar-refractivity contribution in [2.45, 2.75) is 25.5 Å². The number of ether oxygens (including phenoxy) is 2. The van der Waals surface area contributed by atoms with Crippen molar-refractivity contribution in [2.24, 2.45) is 0 Å². The van der Waals surface area contributed by atoms with Gasteiger partial charge in [-0.3, -0.25) is 4.79 Å². The standard InChI is InChI=1S/C14H18ClNO4/c1-16(11-3-4-11)13(18)8-20-14-9(7-17)5-10(15)6-12(14)19-2/h5-6,11,17H,3-4,7-8H2,1-2H3. The van der Waals surface area contributed by atoms with Crippen molar-refractivity contribution in [1.82, 2.24) is 4.90 Å². The van der Waals surface area contributed by atoms with Gasteiger partial charge < -0.3 is 19.5 Å². The van der Waals surface area contributed by atoms with Crippen LogP contribution in [0.25, 0.3) is 0 Å². The van der Waals surface area contributed by atoms with Crippen LogP contribution >= 0.6 is 11.6 Å². The summed E-state index contributed by atoms with van der Waals surface area (Å²) < 4.78 is 10.7. The largest absolute Gasteiger partial charge is 0.493 e. The number of hydrogen-bond acceptors (Lipinski definition) is 4. The molecule has 2 rings (SSSR count). The summed E-state index contributed by atoms with van der Waals surface area (Å²) >= 11 is 5.92. The molecule has 0 spiro atoms. The molecule has 1 aromatic carbocycles. The Kier molecular flexibility index (Phi) is 4.73. The maximum Gasteiger partial charge on any atom is 0.260 e. The average molecular weight is 300 g/mol. The van der Waals surface area contributed by atoms with E-state index in [1.807, 2.05) is 0 Å². The van der Waals surface area contributed by atoms with E-state index in [-0.39, 0.29) is 19.1 Å². The second-order valence-electron chi connectivity index (χ2n) is 4.78. The van der Waals surface area contributed by atoms with Crippen LogP contribution in [0.1, 0.15) is 18.4 Å². The van der Waals surface area contributed by atoms with Gasteiger partial charge in [0, 0.05) is 29.7 Å². The van der Waals surface area contributed by atoms with Crippen molar-refractivity contribution in [3.63, 3.8) is 0 Å². The van der Waals surface area contributed by atoms with Crippen LogP contribution < -0.4 is 9.47 Å². The van der Waals surface area contributed by atoms with Crippen LogP contribution in [0.3, 0.4) is 0 Å². The Morgan fingerprint density at radius 2 is 2.20 bits per heavy atom. The minimum atomic E-state index is -0.237. The summed E-state index contributed by atoms with van der Waals surface area (Å²) in [6, 6.07) is 3.52. The molecule has 1 amide bonds. The lowest BCUT2D eigenvalue weighted by atomic mass is 10.2. The minimum Gasteiger partial charge on any atom is -0.493 e. The average Bonchev–Trinajstić information content (AvgIpc) is 3.28. The fourth-order valence-electron chi connectivity index (χ4n) is 1.96. The molecule has 1 fully saturated rings. The molecule has 1 aliphatic carbocycles. The maximum absolute atomic E-state index is 11.9. The summed E-state index contributed by atoms with van der Waals surface area (Å²) in [7, 11) is 3.26. The van der Waals surface area contributed by atoms with Crippen LogP contribution in [-0.4, -0.2) is 42.7 Å². The zero-order valence-corrected chi connectivity index (χ0v) is 12.3. The van der Waals surface area contributed by atoms with Crippen molar-refractivity contribution in [3.8, 4) is 11.5 Å². The Bertz CT molecular complexity index is 477. The van der Waals surface area contributed by atoms with E-state index in [2.05, 4.69) is 0 Å². The molecule has 0 aliphatic heterocycles. The third-order valence-corrected chi connectivity index (χ3v) is 3.53. The number of likely N-dealkylation sites (N-methyl/N-ethyl adjacent to an activating group) is 1. The van der Waals surface area contributed by atoms with Crippen LogP contribution in [0.4, 0.5) is 0 Å². The molecule has 0 bridgehead atoms. The number of carbonyl (C=O) groups excluding carboxylic acids is 1. The Morgan fingerprint density at radius 3 is 2.75 bits per heavy atom. The number of hydrogen-bond donors (Lipinski definition) is 1. The highest BCUT2D eigenvalue weighted by molar-refractivity contribution is 6.30. The molecule has 5 nitrogen and oxygen atoms in total. The van der Waals surface area contributed by atoms with Gasteiger partial charge in [-0.2, -0.15) is 0 Å². The highest BCUT2D eigenvalue weighted by Gasteiger charge is 2.29. The van der Waals surface area contributed by atoms with Gasteiger partial charge in [0.1, 0.15) is 0 Å². The number of rotatable bonds is 6. The number of benzene rings is 1. The van der Waals surface area contributed by atoms with Crippen molar-refractivity contribution >= 4 is 17.5 Å². The number of carbonyl (C=O) groups is 1. The van der Waals surface area contributed by atoms with Gasteiger partial charge >= 0.3 is 0 Å². The highest BCUT2D eigenvalue weighted by atomic mass is 35.5. The molecule has 6 heteroatoms. The van der Waals surface area contributed by atoms with Crippen LogP contribution in [-0.2, 0) is 11.4 Å². The molecule has 1 aliphatic rings. The van der Waals surface area contributed by atoms with E-state index in [0.717, 1.165) is 12.8 Å². The lowest BCUT2D eigenvalue weighted by Crippen LogP contribution is -2.33. The second-order valence-corrected chi connectivity index (χ2v) is 5.22. The van der Waals surface area contributed by atoms with E-state index >= 15 is 0 Å². The number of aliphatic hydroxyl groups is 1. The zero-order chi connectivity index (χ0) is 14.7. The first-order chi connectivity index (χ1) is 9.56. The van der Waals surface area contributed by atoms with E-state index in [9.17, 15) is 9.90 Å². The van der Waals surface area contributed by atoms with Gasteiger partial charge in [0.05, 0.1) is 13.7 Å². The van der Waals surface area contributed by atoms with Gasteiger partial charge in [0.15, 0.2) is 18.1 Å². The summed E-state index contributed by atoms with van der Waals surface area (Å²) in [5.74, 6) is 0.675. The van der Waals surface area contributed by atoms with Crippen LogP contribution in [0, 0.1) is 0 Å². The molecule has 0 atom stereocenters. The molecular formula is C14H18ClNO4. The van der Waals surface area contributed by atoms with Crippen LogP contribution in [0.2, 0.25) is 5.02 Å². The summed E-state index contributed by atoms with van der Waals surface area (Å²) in [6.45, 7) is -0.323. The predicted molar refractivity (Wildman–Crippen MR) is 75.2 cm³/mol. The SMILES string of the molecule is COc1cc(Cl)cc(CO)c1OCC(=O)N(C)C1CC1. The van der Waals surface area contributed by atoms with E-state index in [1.165, 1.54) is 7.11 Å². The fraction of sp³-hybridized carbons (Fsp3) is 0.500. The summed E-state index contributed by atoms with van der Waals surface area (Å²) in [5, 5.41) is 9.79. The Balaban J connectivity index is 2.09. The zero-order valence-electron chi connectivity index (χ0n) is 11.6. The minimum absolute atomic E-state index is 0.0853. The predicted octanol–water partition coefficient (Wildman–Crippen LogP) is 1.84. The maximum atomic E-state index is 11.9. The molecule has 0 radical (unpaired) electrons. The van der Waals surface area contributed by atoms with Gasteiger partial charge in [-0.15, -0.1) is 0 Å². The Labute approximate surface area is 123 Å². The third-order valence-electron chi connectivity index (χ3n) is 3.31. The van der Waals surface area contributed by atoms with E-state index in [1.54, 1.807) is 24.1 Å². The quantitative estimate of drug-likeness (QED) is 0.871. The van der Waals surface area contributed by atoms with Gasteiger partial charge in [-0.25, -0.2) is 0 Å². The summed E-state index contributed by atoms with van der Waals surface area (Å²) in [5.41, 5.74) is 0.497. The molecular weight excluding hydrogens is 282 g/mol. The highest BCUT2D eigenvalue weighted by Crippen LogP contribution is 2.35. The number of amides is 1. The Hall–Kier alpha value is -1.46. The lowest BCUT2D eigenvalue weighted by Gasteiger charge is -2.18. The number of nitrogens with zero attached hydrogens (tertiary/aromatic N) is 1. The van der Waals surface area contributed by atoms with Gasteiger partial charge in [-0.1, -0.05) is 11.6 Å². The molecule has 0 aromatic heterocycles. The monoisotopic (exact) mass is 299 g/mol. The van der Waals surface area contributed by atoms with Crippen LogP contribution in [0.5, 0.6) is 11.5 Å².